The Hall–Kier alpha value is -2.71. The van der Waals surface area contributed by atoms with Crippen molar-refractivity contribution in [3.63, 3.8) is 0 Å². The molecule has 2 aromatic carbocycles. The summed E-state index contributed by atoms with van der Waals surface area (Å²) in [5, 5.41) is 15.7. The lowest BCUT2D eigenvalue weighted by Gasteiger charge is -2.02. The molecule has 7 nitrogen and oxygen atoms in total. The molecule has 0 radical (unpaired) electrons. The van der Waals surface area contributed by atoms with E-state index >= 15 is 0 Å². The molecule has 0 aliphatic rings. The monoisotopic (exact) mass is 388 g/mol. The molecule has 132 valence electrons. The molecule has 3 aromatic rings. The van der Waals surface area contributed by atoms with Crippen molar-refractivity contribution in [2.24, 2.45) is 0 Å². The molecule has 0 bridgehead atoms. The highest BCUT2D eigenvalue weighted by Gasteiger charge is 2.24. The number of aromatic nitrogens is 3. The number of aryl methyl sites for hydroxylation is 1. The Morgan fingerprint density at radius 1 is 1.19 bits per heavy atom. The van der Waals surface area contributed by atoms with Crippen LogP contribution in [0.25, 0.3) is 0 Å². The van der Waals surface area contributed by atoms with Crippen LogP contribution in [0.2, 0.25) is 5.02 Å². The number of rotatable bonds is 6. The summed E-state index contributed by atoms with van der Waals surface area (Å²) in [6, 6.07) is 14.0. The van der Waals surface area contributed by atoms with Crippen LogP contribution in [-0.2, 0) is 6.54 Å². The van der Waals surface area contributed by atoms with Gasteiger partial charge in [-0.05, 0) is 65.0 Å². The van der Waals surface area contributed by atoms with Crippen LogP contribution in [0.5, 0.6) is 0 Å². The highest BCUT2D eigenvalue weighted by atomic mass is 35.5. The molecule has 1 heterocycles. The van der Waals surface area contributed by atoms with Gasteiger partial charge >= 0.3 is 5.95 Å². The SMILES string of the molecule is Cc1ccc(Sc2nc([N+](=O)[O-])nn2CC(=O)c2ccc(Cl)cc2)cc1. The fourth-order valence-corrected chi connectivity index (χ4v) is 3.09. The highest BCUT2D eigenvalue weighted by molar-refractivity contribution is 7.99. The molecule has 0 saturated carbocycles. The summed E-state index contributed by atoms with van der Waals surface area (Å²) < 4.78 is 1.25. The fourth-order valence-electron chi connectivity index (χ4n) is 2.15. The predicted octanol–water partition coefficient (Wildman–Crippen LogP) is 4.18. The number of hydrogen-bond acceptors (Lipinski definition) is 6. The second-order valence-electron chi connectivity index (χ2n) is 5.45. The molecule has 0 unspecified atom stereocenters. The predicted molar refractivity (Wildman–Crippen MR) is 97.8 cm³/mol. The van der Waals surface area contributed by atoms with Gasteiger partial charge in [0, 0.05) is 20.6 Å². The number of carbonyl (C=O) groups is 1. The van der Waals surface area contributed by atoms with E-state index < -0.39 is 10.9 Å². The minimum atomic E-state index is -0.678. The number of ketones is 1. The maximum atomic E-state index is 12.4. The van der Waals surface area contributed by atoms with Crippen LogP contribution in [0.1, 0.15) is 15.9 Å². The van der Waals surface area contributed by atoms with Gasteiger partial charge in [0.2, 0.25) is 0 Å². The average molecular weight is 389 g/mol. The number of nitrogens with zero attached hydrogens (tertiary/aromatic N) is 4. The largest absolute Gasteiger partial charge is 0.492 e. The second kappa shape index (κ2) is 7.67. The number of benzene rings is 2. The maximum Gasteiger partial charge on any atom is 0.492 e. The van der Waals surface area contributed by atoms with Crippen molar-refractivity contribution >= 4 is 35.1 Å². The molecular formula is C17H13ClN4O3S. The van der Waals surface area contributed by atoms with E-state index in [1.165, 1.54) is 16.4 Å². The Kier molecular flexibility index (Phi) is 5.34. The van der Waals surface area contributed by atoms with Gasteiger partial charge in [0.05, 0.1) is 0 Å². The average Bonchev–Trinajstić information content (AvgIpc) is 3.00. The van der Waals surface area contributed by atoms with E-state index in [0.717, 1.165) is 10.5 Å². The zero-order chi connectivity index (χ0) is 18.7. The molecule has 9 heteroatoms. The standard InChI is InChI=1S/C17H13ClN4O3S/c1-11-2-8-14(9-3-11)26-17-19-16(22(24)25)20-21(17)10-15(23)12-4-6-13(18)7-5-12/h2-9H,10H2,1H3. The summed E-state index contributed by atoms with van der Waals surface area (Å²) in [5.41, 5.74) is 1.54. The first-order chi connectivity index (χ1) is 12.4. The van der Waals surface area contributed by atoms with E-state index in [1.807, 2.05) is 31.2 Å². The minimum absolute atomic E-state index is 0.156. The molecule has 0 saturated heterocycles. The summed E-state index contributed by atoms with van der Waals surface area (Å²) in [4.78, 5) is 27.6. The van der Waals surface area contributed by atoms with Gasteiger partial charge in [-0.1, -0.05) is 29.3 Å². The summed E-state index contributed by atoms with van der Waals surface area (Å²) >= 11 is 7.04. The van der Waals surface area contributed by atoms with Crippen molar-refractivity contribution in [3.05, 3.63) is 74.8 Å². The lowest BCUT2D eigenvalue weighted by molar-refractivity contribution is -0.394. The molecule has 1 aromatic heterocycles. The number of Topliss-reactive ketones (excluding diaryl/α,β-unsaturated/α-hetero) is 1. The lowest BCUT2D eigenvalue weighted by Crippen LogP contribution is -2.12. The van der Waals surface area contributed by atoms with Crippen molar-refractivity contribution in [2.75, 3.05) is 0 Å². The zero-order valence-electron chi connectivity index (χ0n) is 13.6. The van der Waals surface area contributed by atoms with Crippen LogP contribution >= 0.6 is 23.4 Å². The molecule has 26 heavy (non-hydrogen) atoms. The first-order valence-corrected chi connectivity index (χ1v) is 8.74. The third-order valence-electron chi connectivity index (χ3n) is 3.48. The van der Waals surface area contributed by atoms with Crippen molar-refractivity contribution < 1.29 is 9.72 Å². The zero-order valence-corrected chi connectivity index (χ0v) is 15.2. The molecule has 0 atom stereocenters. The molecule has 0 amide bonds. The molecular weight excluding hydrogens is 376 g/mol. The van der Waals surface area contributed by atoms with Crippen molar-refractivity contribution in [1.82, 2.24) is 14.8 Å². The summed E-state index contributed by atoms with van der Waals surface area (Å²) in [7, 11) is 0. The van der Waals surface area contributed by atoms with Gasteiger partial charge in [-0.25, -0.2) is 0 Å². The van der Waals surface area contributed by atoms with Gasteiger partial charge in [-0.2, -0.15) is 4.68 Å². The molecule has 3 rings (SSSR count). The summed E-state index contributed by atoms with van der Waals surface area (Å²) in [6.45, 7) is 1.81. The van der Waals surface area contributed by atoms with Crippen molar-refractivity contribution in [2.45, 2.75) is 23.5 Å². The Morgan fingerprint density at radius 2 is 1.85 bits per heavy atom. The quantitative estimate of drug-likeness (QED) is 0.357. The number of carbonyl (C=O) groups excluding carboxylic acids is 1. The van der Waals surface area contributed by atoms with E-state index in [1.54, 1.807) is 24.3 Å². The molecule has 0 fully saturated rings. The Balaban J connectivity index is 1.87. The van der Waals surface area contributed by atoms with Gasteiger partial charge in [0.1, 0.15) is 6.54 Å². The summed E-state index contributed by atoms with van der Waals surface area (Å²) in [6.07, 6.45) is 0. The van der Waals surface area contributed by atoms with E-state index in [2.05, 4.69) is 10.1 Å². The van der Waals surface area contributed by atoms with Crippen LogP contribution < -0.4 is 0 Å². The van der Waals surface area contributed by atoms with Crippen molar-refractivity contribution in [1.29, 1.82) is 0 Å². The molecule has 0 N–H and O–H groups in total. The number of halogens is 1. The van der Waals surface area contributed by atoms with E-state index in [4.69, 9.17) is 11.6 Å². The van der Waals surface area contributed by atoms with Gasteiger partial charge in [-0.3, -0.25) is 4.79 Å². The second-order valence-corrected chi connectivity index (χ2v) is 6.93. The van der Waals surface area contributed by atoms with E-state index in [-0.39, 0.29) is 17.5 Å². The summed E-state index contributed by atoms with van der Waals surface area (Å²) in [5.74, 6) is -0.782. The number of hydrogen-bond donors (Lipinski definition) is 0. The van der Waals surface area contributed by atoms with Crippen LogP contribution in [0.15, 0.2) is 58.6 Å². The molecule has 0 aliphatic heterocycles. The highest BCUT2D eigenvalue weighted by Crippen LogP contribution is 2.28. The third-order valence-corrected chi connectivity index (χ3v) is 4.72. The topological polar surface area (TPSA) is 90.9 Å². The first kappa shape index (κ1) is 18.1. The Morgan fingerprint density at radius 3 is 2.46 bits per heavy atom. The maximum absolute atomic E-state index is 12.4. The van der Waals surface area contributed by atoms with E-state index in [9.17, 15) is 14.9 Å². The van der Waals surface area contributed by atoms with Crippen molar-refractivity contribution in [3.8, 4) is 0 Å². The van der Waals surface area contributed by atoms with Crippen LogP contribution in [0.3, 0.4) is 0 Å². The van der Waals surface area contributed by atoms with E-state index in [0.29, 0.717) is 10.6 Å². The smallest absolute Gasteiger partial charge is 0.390 e. The Labute approximate surface area is 158 Å². The van der Waals surface area contributed by atoms with Crippen LogP contribution in [0, 0.1) is 17.0 Å². The number of nitro groups is 1. The van der Waals surface area contributed by atoms with Gasteiger partial charge in [-0.15, -0.1) is 0 Å². The van der Waals surface area contributed by atoms with Crippen LogP contribution in [-0.4, -0.2) is 25.5 Å². The normalized spacial score (nSPS) is 10.7. The van der Waals surface area contributed by atoms with Gasteiger partial charge < -0.3 is 10.1 Å². The van der Waals surface area contributed by atoms with Gasteiger partial charge in [0.15, 0.2) is 5.78 Å². The lowest BCUT2D eigenvalue weighted by atomic mass is 10.1. The first-order valence-electron chi connectivity index (χ1n) is 7.55. The van der Waals surface area contributed by atoms with Crippen LogP contribution in [0.4, 0.5) is 5.95 Å². The Bertz CT molecular complexity index is 955. The van der Waals surface area contributed by atoms with Gasteiger partial charge in [0.25, 0.3) is 5.16 Å². The molecule has 0 aliphatic carbocycles. The fraction of sp³-hybridized carbons (Fsp3) is 0.118. The minimum Gasteiger partial charge on any atom is -0.390 e. The molecule has 0 spiro atoms. The third kappa shape index (κ3) is 4.27.